The van der Waals surface area contributed by atoms with Gasteiger partial charge in [-0.3, -0.25) is 24.9 Å². The number of likely N-dealkylation sites (N-methyl/N-ethyl adjacent to an activating group) is 1. The number of ether oxygens (including phenoxy) is 1. The van der Waals surface area contributed by atoms with Crippen LogP contribution in [0.5, 0.6) is 0 Å². The Hall–Kier alpha value is -2.25. The van der Waals surface area contributed by atoms with Crippen molar-refractivity contribution in [3.05, 3.63) is 23.4 Å². The zero-order valence-corrected chi connectivity index (χ0v) is 19.8. The first-order chi connectivity index (χ1) is 16.3. The Morgan fingerprint density at radius 3 is 2.85 bits per heavy atom. The lowest BCUT2D eigenvalue weighted by atomic mass is 9.85. The molecule has 4 heterocycles. The standard InChI is InChI=1S/C22H35FN8O3/c1-29-13-15(23)11-26-20(29)18(19(24)28-33)21(32)27-16-12-25-6-3-17(16)31-8-7-30(2)22(14-31)4-9-34-10-5-22/h3,6,12,15,18-20,26H,4-5,7-11,13-14,24H2,1-2H3,(H,27,32). The van der Waals surface area contributed by atoms with E-state index in [0.29, 0.717) is 5.69 Å². The number of hydrogen-bond acceptors (Lipinski definition) is 10. The van der Waals surface area contributed by atoms with Crippen LogP contribution in [0, 0.1) is 10.8 Å². The van der Waals surface area contributed by atoms with Crippen molar-refractivity contribution in [3.63, 3.8) is 0 Å². The van der Waals surface area contributed by atoms with Crippen LogP contribution in [0.25, 0.3) is 0 Å². The number of carbonyl (C=O) groups excluding carboxylic acids is 1. The Kier molecular flexibility index (Phi) is 7.73. The van der Waals surface area contributed by atoms with Gasteiger partial charge in [0.15, 0.2) is 6.17 Å². The van der Waals surface area contributed by atoms with Crippen LogP contribution in [0.3, 0.4) is 0 Å². The summed E-state index contributed by atoms with van der Waals surface area (Å²) >= 11 is 0. The number of alkyl halides is 1. The van der Waals surface area contributed by atoms with Gasteiger partial charge in [0.25, 0.3) is 0 Å². The van der Waals surface area contributed by atoms with E-state index in [9.17, 15) is 14.1 Å². The van der Waals surface area contributed by atoms with Gasteiger partial charge in [-0.25, -0.2) is 4.39 Å². The van der Waals surface area contributed by atoms with E-state index in [2.05, 4.69) is 37.6 Å². The molecule has 188 valence electrons. The van der Waals surface area contributed by atoms with Gasteiger partial charge in [0, 0.05) is 57.7 Å². The first-order valence-corrected chi connectivity index (χ1v) is 11.8. The Bertz CT molecular complexity index is 870. The summed E-state index contributed by atoms with van der Waals surface area (Å²) in [4.78, 5) is 35.3. The zero-order chi connectivity index (χ0) is 24.3. The number of halogens is 1. The van der Waals surface area contributed by atoms with E-state index in [4.69, 9.17) is 10.5 Å². The van der Waals surface area contributed by atoms with Gasteiger partial charge in [-0.15, -0.1) is 4.91 Å². The van der Waals surface area contributed by atoms with Gasteiger partial charge in [-0.05, 0) is 33.0 Å². The highest BCUT2D eigenvalue weighted by atomic mass is 19.1. The van der Waals surface area contributed by atoms with E-state index < -0.39 is 30.3 Å². The summed E-state index contributed by atoms with van der Waals surface area (Å²) in [7, 11) is 3.85. The van der Waals surface area contributed by atoms with E-state index in [1.165, 1.54) is 0 Å². The van der Waals surface area contributed by atoms with Crippen molar-refractivity contribution in [3.8, 4) is 0 Å². The van der Waals surface area contributed by atoms with Crippen LogP contribution in [0.1, 0.15) is 12.8 Å². The maximum Gasteiger partial charge on any atom is 0.234 e. The number of nitrogens with two attached hydrogens (primary N) is 1. The van der Waals surface area contributed by atoms with Gasteiger partial charge in [0.05, 0.1) is 23.7 Å². The lowest BCUT2D eigenvalue weighted by Crippen LogP contribution is -2.63. The average molecular weight is 479 g/mol. The largest absolute Gasteiger partial charge is 0.381 e. The Labute approximate surface area is 199 Å². The Morgan fingerprint density at radius 2 is 2.15 bits per heavy atom. The molecule has 34 heavy (non-hydrogen) atoms. The van der Waals surface area contributed by atoms with E-state index in [-0.39, 0.29) is 18.6 Å². The van der Waals surface area contributed by atoms with E-state index in [1.807, 2.05) is 6.07 Å². The number of nitroso groups, excluding NO2 is 1. The minimum atomic E-state index is -1.29. The van der Waals surface area contributed by atoms with E-state index in [1.54, 1.807) is 24.3 Å². The summed E-state index contributed by atoms with van der Waals surface area (Å²) in [5.41, 5.74) is 7.37. The SMILES string of the molecule is CN1CC(F)CNC1C(C(=O)Nc1cnccc1N1CCN(C)C2(CCOCC2)C1)C(N)N=O. The second-order valence-electron chi connectivity index (χ2n) is 9.57. The van der Waals surface area contributed by atoms with Crippen molar-refractivity contribution in [2.24, 2.45) is 16.8 Å². The molecule has 1 amide bonds. The lowest BCUT2D eigenvalue weighted by Gasteiger charge is -2.52. The number of rotatable bonds is 6. The van der Waals surface area contributed by atoms with Gasteiger partial charge < -0.3 is 20.7 Å². The molecule has 0 aliphatic carbocycles. The molecule has 4 rings (SSSR count). The maximum atomic E-state index is 13.8. The summed E-state index contributed by atoms with van der Waals surface area (Å²) < 4.78 is 19.4. The van der Waals surface area contributed by atoms with Crippen LogP contribution in [0.4, 0.5) is 15.8 Å². The number of nitrogens with one attached hydrogen (secondary N) is 2. The van der Waals surface area contributed by atoms with Crippen molar-refractivity contribution in [2.75, 3.05) is 70.2 Å². The van der Waals surface area contributed by atoms with Gasteiger partial charge in [0.2, 0.25) is 5.91 Å². The molecule has 3 fully saturated rings. The fourth-order valence-corrected chi connectivity index (χ4v) is 5.38. The molecule has 3 aliphatic rings. The Balaban J connectivity index is 1.55. The minimum Gasteiger partial charge on any atom is -0.381 e. The summed E-state index contributed by atoms with van der Waals surface area (Å²) in [5, 5.41) is 8.85. The summed E-state index contributed by atoms with van der Waals surface area (Å²) in [5.74, 6) is -1.46. The highest BCUT2D eigenvalue weighted by molar-refractivity contribution is 5.96. The van der Waals surface area contributed by atoms with E-state index in [0.717, 1.165) is 51.4 Å². The third kappa shape index (κ3) is 5.05. The minimum absolute atomic E-state index is 0.0189. The lowest BCUT2D eigenvalue weighted by molar-refractivity contribution is -0.124. The molecule has 4 unspecified atom stereocenters. The normalized spacial score (nSPS) is 27.8. The fraction of sp³-hybridized carbons (Fsp3) is 0.727. The second kappa shape index (κ2) is 10.6. The molecular formula is C22H35FN8O3. The highest BCUT2D eigenvalue weighted by Crippen LogP contribution is 2.35. The van der Waals surface area contributed by atoms with Crippen molar-refractivity contribution >= 4 is 17.3 Å². The first kappa shape index (κ1) is 24.9. The topological polar surface area (TPSA) is 128 Å². The van der Waals surface area contributed by atoms with Crippen molar-refractivity contribution in [1.29, 1.82) is 0 Å². The van der Waals surface area contributed by atoms with Crippen molar-refractivity contribution in [1.82, 2.24) is 20.1 Å². The van der Waals surface area contributed by atoms with Crippen LogP contribution >= 0.6 is 0 Å². The number of nitrogens with zero attached hydrogens (tertiary/aromatic N) is 5. The number of hydrogen-bond donors (Lipinski definition) is 3. The fourth-order valence-electron chi connectivity index (χ4n) is 5.38. The molecule has 1 aromatic heterocycles. The quantitative estimate of drug-likeness (QED) is 0.491. The molecule has 0 saturated carbocycles. The van der Waals surface area contributed by atoms with Crippen LogP contribution in [0.2, 0.25) is 0 Å². The molecule has 4 atom stereocenters. The number of piperazine rings is 1. The third-order valence-corrected chi connectivity index (χ3v) is 7.46. The summed E-state index contributed by atoms with van der Waals surface area (Å²) in [6.45, 7) is 4.18. The molecule has 0 radical (unpaired) electrons. The van der Waals surface area contributed by atoms with Crippen LogP contribution in [-0.4, -0.2) is 105 Å². The molecule has 1 spiro atoms. The van der Waals surface area contributed by atoms with Gasteiger partial charge in [0.1, 0.15) is 12.1 Å². The number of aromatic nitrogens is 1. The van der Waals surface area contributed by atoms with Crippen molar-refractivity contribution < 1.29 is 13.9 Å². The predicted octanol–water partition coefficient (Wildman–Crippen LogP) is 0.188. The number of amides is 1. The van der Waals surface area contributed by atoms with Crippen LogP contribution in [-0.2, 0) is 9.53 Å². The molecule has 0 aromatic carbocycles. The van der Waals surface area contributed by atoms with Gasteiger partial charge in [-0.1, -0.05) is 5.18 Å². The molecule has 1 aromatic rings. The molecular weight excluding hydrogens is 443 g/mol. The molecule has 4 N–H and O–H groups in total. The summed E-state index contributed by atoms with van der Waals surface area (Å²) in [6, 6.07) is 1.89. The molecule has 12 heteroatoms. The van der Waals surface area contributed by atoms with Gasteiger partial charge >= 0.3 is 0 Å². The third-order valence-electron chi connectivity index (χ3n) is 7.46. The maximum absolute atomic E-state index is 13.8. The smallest absolute Gasteiger partial charge is 0.234 e. The van der Waals surface area contributed by atoms with Crippen LogP contribution < -0.4 is 21.3 Å². The average Bonchev–Trinajstić information content (AvgIpc) is 2.83. The highest BCUT2D eigenvalue weighted by Gasteiger charge is 2.43. The number of carbonyl (C=O) groups is 1. The van der Waals surface area contributed by atoms with E-state index >= 15 is 0 Å². The molecule has 3 saturated heterocycles. The summed E-state index contributed by atoms with van der Waals surface area (Å²) in [6.07, 6.45) is 2.24. The Morgan fingerprint density at radius 1 is 1.38 bits per heavy atom. The number of pyridine rings is 1. The number of anilines is 2. The monoisotopic (exact) mass is 478 g/mol. The first-order valence-electron chi connectivity index (χ1n) is 11.8. The molecule has 0 bridgehead atoms. The predicted molar refractivity (Wildman–Crippen MR) is 127 cm³/mol. The molecule has 3 aliphatic heterocycles. The van der Waals surface area contributed by atoms with Gasteiger partial charge in [-0.2, -0.15) is 0 Å². The molecule has 11 nitrogen and oxygen atoms in total. The second-order valence-corrected chi connectivity index (χ2v) is 9.57. The van der Waals surface area contributed by atoms with Crippen LogP contribution in [0.15, 0.2) is 23.6 Å². The van der Waals surface area contributed by atoms with Crippen molar-refractivity contribution in [2.45, 2.75) is 36.9 Å². The zero-order valence-electron chi connectivity index (χ0n) is 19.8.